The lowest BCUT2D eigenvalue weighted by Crippen LogP contribution is -2.37. The van der Waals surface area contributed by atoms with Crippen molar-refractivity contribution in [2.24, 2.45) is 5.92 Å². The molecule has 4 rings (SSSR count). The fourth-order valence-corrected chi connectivity index (χ4v) is 3.17. The van der Waals surface area contributed by atoms with E-state index >= 15 is 0 Å². The van der Waals surface area contributed by atoms with Crippen LogP contribution in [-0.2, 0) is 4.79 Å². The van der Waals surface area contributed by atoms with Gasteiger partial charge in [0.25, 0.3) is 0 Å². The summed E-state index contributed by atoms with van der Waals surface area (Å²) in [5, 5.41) is 12.3. The number of methoxy groups -OCH3 is 1. The molecule has 0 radical (unpaired) electrons. The largest absolute Gasteiger partial charge is 0.497 e. The lowest BCUT2D eigenvalue weighted by molar-refractivity contribution is -0.119. The Hall–Kier alpha value is -3.33. The minimum absolute atomic E-state index is 0.332. The number of anilines is 1. The first-order valence-corrected chi connectivity index (χ1v) is 7.54. The molecule has 1 aliphatic rings. The van der Waals surface area contributed by atoms with E-state index in [2.05, 4.69) is 16.4 Å². The number of aromatic nitrogens is 2. The van der Waals surface area contributed by atoms with Crippen LogP contribution in [0.1, 0.15) is 11.6 Å². The Labute approximate surface area is 138 Å². The second kappa shape index (κ2) is 5.39. The standard InChI is InChI=1S/C18H14N4O2/c1-24-12-8-6-11(7-9-12)16-13(10-19)17(23)21-18-20-14-4-2-3-5-15(14)22(16)18/h2-9,13,16H,1H3,(H,20,21,23)/t13-,16+/m0/s1. The molecule has 6 nitrogen and oxygen atoms in total. The predicted molar refractivity (Wildman–Crippen MR) is 88.6 cm³/mol. The van der Waals surface area contributed by atoms with Crippen LogP contribution >= 0.6 is 0 Å². The number of hydrogen-bond donors (Lipinski definition) is 1. The van der Waals surface area contributed by atoms with Gasteiger partial charge in [-0.05, 0) is 29.8 Å². The van der Waals surface area contributed by atoms with E-state index in [1.54, 1.807) is 7.11 Å². The fraction of sp³-hybridized carbons (Fsp3) is 0.167. The third kappa shape index (κ3) is 2.02. The monoisotopic (exact) mass is 318 g/mol. The highest BCUT2D eigenvalue weighted by Gasteiger charge is 2.38. The van der Waals surface area contributed by atoms with Crippen LogP contribution in [0.2, 0.25) is 0 Å². The Morgan fingerprint density at radius 1 is 1.21 bits per heavy atom. The number of rotatable bonds is 2. The highest BCUT2D eigenvalue weighted by molar-refractivity contribution is 5.97. The van der Waals surface area contributed by atoms with Crippen molar-refractivity contribution in [2.45, 2.75) is 6.04 Å². The van der Waals surface area contributed by atoms with Crippen molar-refractivity contribution in [2.75, 3.05) is 12.4 Å². The summed E-state index contributed by atoms with van der Waals surface area (Å²) in [4.78, 5) is 16.8. The average Bonchev–Trinajstić information content (AvgIpc) is 2.98. The topological polar surface area (TPSA) is 79.9 Å². The number of fused-ring (bicyclic) bond motifs is 3. The Morgan fingerprint density at radius 2 is 1.96 bits per heavy atom. The molecular formula is C18H14N4O2. The molecule has 6 heteroatoms. The molecule has 0 saturated heterocycles. The molecule has 1 aliphatic heterocycles. The van der Waals surface area contributed by atoms with Crippen LogP contribution in [0.5, 0.6) is 5.75 Å². The Balaban J connectivity index is 1.95. The number of nitriles is 1. The molecular weight excluding hydrogens is 304 g/mol. The van der Waals surface area contributed by atoms with E-state index in [1.807, 2.05) is 53.1 Å². The molecule has 118 valence electrons. The lowest BCUT2D eigenvalue weighted by Gasteiger charge is -2.30. The van der Waals surface area contributed by atoms with Gasteiger partial charge in [0.15, 0.2) is 5.92 Å². The first-order valence-electron chi connectivity index (χ1n) is 7.54. The van der Waals surface area contributed by atoms with E-state index in [-0.39, 0.29) is 5.91 Å². The van der Waals surface area contributed by atoms with E-state index in [9.17, 15) is 10.1 Å². The maximum Gasteiger partial charge on any atom is 0.246 e. The molecule has 0 aliphatic carbocycles. The minimum Gasteiger partial charge on any atom is -0.497 e. The van der Waals surface area contributed by atoms with Gasteiger partial charge in [0.1, 0.15) is 5.75 Å². The zero-order valence-electron chi connectivity index (χ0n) is 12.9. The van der Waals surface area contributed by atoms with Crippen LogP contribution in [0.15, 0.2) is 48.5 Å². The number of ether oxygens (including phenoxy) is 1. The van der Waals surface area contributed by atoms with E-state index in [1.165, 1.54) is 0 Å². The van der Waals surface area contributed by atoms with E-state index in [0.29, 0.717) is 5.95 Å². The van der Waals surface area contributed by atoms with Crippen LogP contribution in [0.3, 0.4) is 0 Å². The predicted octanol–water partition coefficient (Wildman–Crippen LogP) is 2.73. The number of para-hydroxylation sites is 2. The van der Waals surface area contributed by atoms with Gasteiger partial charge >= 0.3 is 0 Å². The van der Waals surface area contributed by atoms with Gasteiger partial charge < -0.3 is 9.30 Å². The molecule has 0 spiro atoms. The van der Waals surface area contributed by atoms with Gasteiger partial charge in [0.05, 0.1) is 30.3 Å². The molecule has 0 bridgehead atoms. The van der Waals surface area contributed by atoms with Crippen LogP contribution < -0.4 is 10.1 Å². The second-order valence-corrected chi connectivity index (χ2v) is 5.61. The molecule has 0 unspecified atom stereocenters. The van der Waals surface area contributed by atoms with Crippen LogP contribution in [0.4, 0.5) is 5.95 Å². The molecule has 2 atom stereocenters. The molecule has 2 heterocycles. The van der Waals surface area contributed by atoms with E-state index in [0.717, 1.165) is 22.3 Å². The molecule has 24 heavy (non-hydrogen) atoms. The third-order valence-corrected chi connectivity index (χ3v) is 4.30. The Kier molecular flexibility index (Phi) is 3.21. The van der Waals surface area contributed by atoms with Crippen molar-refractivity contribution >= 4 is 22.9 Å². The van der Waals surface area contributed by atoms with E-state index in [4.69, 9.17) is 4.74 Å². The molecule has 3 aromatic rings. The third-order valence-electron chi connectivity index (χ3n) is 4.30. The van der Waals surface area contributed by atoms with Gasteiger partial charge in [-0.15, -0.1) is 0 Å². The number of amides is 1. The number of imidazole rings is 1. The summed E-state index contributed by atoms with van der Waals surface area (Å²) in [6, 6.07) is 16.8. The molecule has 1 N–H and O–H groups in total. The first-order chi connectivity index (χ1) is 11.7. The zero-order valence-corrected chi connectivity index (χ0v) is 12.9. The maximum atomic E-state index is 12.4. The molecule has 1 aromatic heterocycles. The smallest absolute Gasteiger partial charge is 0.246 e. The Bertz CT molecular complexity index is 969. The number of hydrogen-bond acceptors (Lipinski definition) is 4. The lowest BCUT2D eigenvalue weighted by atomic mass is 9.91. The quantitative estimate of drug-likeness (QED) is 0.788. The van der Waals surface area contributed by atoms with Crippen molar-refractivity contribution in [3.63, 3.8) is 0 Å². The number of benzene rings is 2. The van der Waals surface area contributed by atoms with Gasteiger partial charge in [-0.2, -0.15) is 5.26 Å². The van der Waals surface area contributed by atoms with Crippen molar-refractivity contribution in [3.8, 4) is 11.8 Å². The van der Waals surface area contributed by atoms with Gasteiger partial charge in [0.2, 0.25) is 11.9 Å². The van der Waals surface area contributed by atoms with Crippen LogP contribution in [-0.4, -0.2) is 22.6 Å². The summed E-state index contributed by atoms with van der Waals surface area (Å²) < 4.78 is 7.12. The highest BCUT2D eigenvalue weighted by Crippen LogP contribution is 2.38. The van der Waals surface area contributed by atoms with Crippen LogP contribution in [0, 0.1) is 17.2 Å². The second-order valence-electron chi connectivity index (χ2n) is 5.61. The normalized spacial score (nSPS) is 19.4. The van der Waals surface area contributed by atoms with Crippen LogP contribution in [0.25, 0.3) is 11.0 Å². The summed E-state index contributed by atoms with van der Waals surface area (Å²) >= 11 is 0. The molecule has 0 fully saturated rings. The summed E-state index contributed by atoms with van der Waals surface area (Å²) in [5.74, 6) is 0.0291. The van der Waals surface area contributed by atoms with Crippen molar-refractivity contribution in [3.05, 3.63) is 54.1 Å². The highest BCUT2D eigenvalue weighted by atomic mass is 16.5. The van der Waals surface area contributed by atoms with E-state index < -0.39 is 12.0 Å². The zero-order chi connectivity index (χ0) is 16.7. The number of carbonyl (C=O) groups is 1. The molecule has 1 amide bonds. The maximum absolute atomic E-state index is 12.4. The average molecular weight is 318 g/mol. The Morgan fingerprint density at radius 3 is 2.67 bits per heavy atom. The summed E-state index contributed by atoms with van der Waals surface area (Å²) in [5.41, 5.74) is 2.53. The van der Waals surface area contributed by atoms with Crippen molar-refractivity contribution < 1.29 is 9.53 Å². The number of carbonyl (C=O) groups excluding carboxylic acids is 1. The number of nitrogens with one attached hydrogen (secondary N) is 1. The minimum atomic E-state index is -0.830. The van der Waals surface area contributed by atoms with Gasteiger partial charge in [-0.1, -0.05) is 24.3 Å². The first kappa shape index (κ1) is 14.3. The van der Waals surface area contributed by atoms with Crippen molar-refractivity contribution in [1.82, 2.24) is 9.55 Å². The van der Waals surface area contributed by atoms with Crippen molar-refractivity contribution in [1.29, 1.82) is 5.26 Å². The fourth-order valence-electron chi connectivity index (χ4n) is 3.17. The molecule has 2 aromatic carbocycles. The summed E-state index contributed by atoms with van der Waals surface area (Å²) in [6.45, 7) is 0. The summed E-state index contributed by atoms with van der Waals surface area (Å²) in [7, 11) is 1.60. The SMILES string of the molecule is COc1ccc([C@@H]2[C@H](C#N)C(=O)Nc3nc4ccccc4n32)cc1. The van der Waals surface area contributed by atoms with Gasteiger partial charge in [0, 0.05) is 0 Å². The van der Waals surface area contributed by atoms with Gasteiger partial charge in [-0.25, -0.2) is 4.98 Å². The molecule has 0 saturated carbocycles. The van der Waals surface area contributed by atoms with Gasteiger partial charge in [-0.3, -0.25) is 10.1 Å². The number of nitrogens with zero attached hydrogens (tertiary/aromatic N) is 3. The summed E-state index contributed by atoms with van der Waals surface area (Å²) in [6.07, 6.45) is 0.